The van der Waals surface area contributed by atoms with Gasteiger partial charge in [-0.1, -0.05) is 20.8 Å². The molecule has 0 aromatic heterocycles. The maximum atomic E-state index is 11.6. The highest BCUT2D eigenvalue weighted by Gasteiger charge is 2.41. The molecule has 4 heteroatoms. The van der Waals surface area contributed by atoms with Gasteiger partial charge in [-0.3, -0.25) is 4.79 Å². The lowest BCUT2D eigenvalue weighted by molar-refractivity contribution is -0.115. The van der Waals surface area contributed by atoms with Gasteiger partial charge < -0.3 is 4.43 Å². The third kappa shape index (κ3) is 2.76. The average molecular weight is 352 g/mol. The molecule has 0 bridgehead atoms. The van der Waals surface area contributed by atoms with Crippen molar-refractivity contribution in [3.8, 4) is 0 Å². The largest absolute Gasteiger partial charge is 0.410 e. The fourth-order valence-electron chi connectivity index (χ4n) is 1.43. The molecule has 0 N–H and O–H groups in total. The van der Waals surface area contributed by atoms with E-state index in [0.29, 0.717) is 6.42 Å². The van der Waals surface area contributed by atoms with Crippen LogP contribution < -0.4 is 0 Å². The number of rotatable bonds is 2. The molecule has 0 heterocycles. The molecule has 1 rings (SSSR count). The normalized spacial score (nSPS) is 23.2. The summed E-state index contributed by atoms with van der Waals surface area (Å²) in [6.07, 6.45) is 0.566. The highest BCUT2D eigenvalue weighted by atomic mass is 127. The Bertz CT molecular complexity index is 339. The van der Waals surface area contributed by atoms with Crippen LogP contribution in [0.25, 0.3) is 0 Å². The van der Waals surface area contributed by atoms with Gasteiger partial charge in [-0.15, -0.1) is 0 Å². The molecule has 0 amide bonds. The van der Waals surface area contributed by atoms with Crippen molar-refractivity contribution in [1.29, 1.82) is 0 Å². The average Bonchev–Trinajstić information content (AvgIpc) is 2.31. The summed E-state index contributed by atoms with van der Waals surface area (Å²) in [5.41, 5.74) is 1.12. The van der Waals surface area contributed by atoms with Gasteiger partial charge in [0.25, 0.3) is 0 Å². The van der Waals surface area contributed by atoms with Gasteiger partial charge in [0.05, 0.1) is 9.68 Å². The van der Waals surface area contributed by atoms with Crippen LogP contribution in [0.3, 0.4) is 0 Å². The zero-order valence-electron chi connectivity index (χ0n) is 11.0. The van der Waals surface area contributed by atoms with Crippen LogP contribution in [0.4, 0.5) is 0 Å². The van der Waals surface area contributed by atoms with Crippen LogP contribution in [-0.2, 0) is 9.22 Å². The molecule has 1 atom stereocenters. The highest BCUT2D eigenvalue weighted by molar-refractivity contribution is 14.1. The summed E-state index contributed by atoms with van der Waals surface area (Å²) in [4.78, 5) is 11.6. The predicted octanol–water partition coefficient (Wildman–Crippen LogP) is 4.06. The summed E-state index contributed by atoms with van der Waals surface area (Å²) in [5, 5.41) is 0.199. The summed E-state index contributed by atoms with van der Waals surface area (Å²) in [5.74, 6) is 0.238. The maximum absolute atomic E-state index is 11.6. The zero-order valence-corrected chi connectivity index (χ0v) is 14.1. The Morgan fingerprint density at radius 3 is 2.19 bits per heavy atom. The van der Waals surface area contributed by atoms with E-state index in [4.69, 9.17) is 4.43 Å². The van der Waals surface area contributed by atoms with Gasteiger partial charge in [-0.2, -0.15) is 0 Å². The molecule has 0 saturated heterocycles. The van der Waals surface area contributed by atoms with Crippen molar-refractivity contribution in [3.63, 3.8) is 0 Å². The molecule has 0 saturated carbocycles. The van der Waals surface area contributed by atoms with Crippen LogP contribution >= 0.6 is 22.6 Å². The lowest BCUT2D eigenvalue weighted by atomic mass is 10.2. The minimum atomic E-state index is -1.76. The van der Waals surface area contributed by atoms with Crippen LogP contribution in [0.2, 0.25) is 18.1 Å². The first-order valence-electron chi connectivity index (χ1n) is 5.63. The van der Waals surface area contributed by atoms with Crippen LogP contribution in [0.5, 0.6) is 0 Å². The van der Waals surface area contributed by atoms with E-state index < -0.39 is 8.32 Å². The minimum absolute atomic E-state index is 0.0280. The Balaban J connectivity index is 2.82. The van der Waals surface area contributed by atoms with Crippen molar-refractivity contribution in [3.05, 3.63) is 9.15 Å². The molecule has 0 unspecified atom stereocenters. The number of hydrogen-bond donors (Lipinski definition) is 0. The van der Waals surface area contributed by atoms with Crippen LogP contribution in [0.1, 0.15) is 34.1 Å². The van der Waals surface area contributed by atoms with Crippen LogP contribution in [-0.4, -0.2) is 20.2 Å². The molecule has 1 aliphatic rings. The Labute approximate surface area is 113 Å². The molecule has 0 aliphatic heterocycles. The van der Waals surface area contributed by atoms with Crippen molar-refractivity contribution >= 4 is 36.7 Å². The van der Waals surface area contributed by atoms with E-state index in [9.17, 15) is 4.79 Å². The van der Waals surface area contributed by atoms with E-state index in [2.05, 4.69) is 56.5 Å². The number of ketones is 1. The van der Waals surface area contributed by atoms with Gasteiger partial charge in [0.15, 0.2) is 14.1 Å². The standard InChI is InChI=1S/C12H21IO2Si/c1-8-10(7-9(14)11(8)13)15-16(5,6)12(2,3)4/h10H,7H2,1-6H3/t10-/m1/s1. The topological polar surface area (TPSA) is 26.3 Å². The van der Waals surface area contributed by atoms with Crippen molar-refractivity contribution in [2.24, 2.45) is 0 Å². The number of Topliss-reactive ketones (excluding diaryl/α,β-unsaturated/α-hetero) is 1. The van der Waals surface area contributed by atoms with E-state index >= 15 is 0 Å². The van der Waals surface area contributed by atoms with Crippen molar-refractivity contribution < 1.29 is 9.22 Å². The number of carbonyl (C=O) groups excluding carboxylic acids is 1. The molecule has 0 radical (unpaired) electrons. The van der Waals surface area contributed by atoms with Crippen LogP contribution in [0.15, 0.2) is 9.15 Å². The molecule has 0 spiro atoms. The molecular weight excluding hydrogens is 331 g/mol. The van der Waals surface area contributed by atoms with Gasteiger partial charge in [0, 0.05) is 6.42 Å². The molecule has 0 fully saturated rings. The summed E-state index contributed by atoms with van der Waals surface area (Å²) in [6, 6.07) is 0. The lowest BCUT2D eigenvalue weighted by Crippen LogP contribution is -2.43. The fourth-order valence-corrected chi connectivity index (χ4v) is 3.33. The maximum Gasteiger partial charge on any atom is 0.192 e. The molecule has 0 aromatic rings. The first-order valence-corrected chi connectivity index (χ1v) is 9.62. The highest BCUT2D eigenvalue weighted by Crippen LogP contribution is 2.40. The number of halogens is 1. The third-order valence-corrected chi connectivity index (χ3v) is 9.63. The Hall–Kier alpha value is 0.317. The number of hydrogen-bond acceptors (Lipinski definition) is 2. The van der Waals surface area contributed by atoms with Crippen molar-refractivity contribution in [1.82, 2.24) is 0 Å². The Morgan fingerprint density at radius 1 is 1.38 bits per heavy atom. The van der Waals surface area contributed by atoms with Gasteiger partial charge in [-0.05, 0) is 53.2 Å². The first kappa shape index (κ1) is 14.4. The predicted molar refractivity (Wildman–Crippen MR) is 78.4 cm³/mol. The third-order valence-electron chi connectivity index (χ3n) is 3.69. The van der Waals surface area contributed by atoms with E-state index in [1.807, 2.05) is 6.92 Å². The Morgan fingerprint density at radius 2 is 1.88 bits per heavy atom. The van der Waals surface area contributed by atoms with E-state index in [1.165, 1.54) is 0 Å². The summed E-state index contributed by atoms with van der Waals surface area (Å²) in [7, 11) is -1.76. The number of allylic oxidation sites excluding steroid dienone is 1. The summed E-state index contributed by atoms with van der Waals surface area (Å²) < 4.78 is 7.15. The molecule has 2 nitrogen and oxygen atoms in total. The van der Waals surface area contributed by atoms with Gasteiger partial charge in [-0.25, -0.2) is 0 Å². The zero-order chi connectivity index (χ0) is 12.7. The Kier molecular flexibility index (Phi) is 4.07. The van der Waals surface area contributed by atoms with Gasteiger partial charge in [0.2, 0.25) is 0 Å². The van der Waals surface area contributed by atoms with Crippen molar-refractivity contribution in [2.45, 2.75) is 58.4 Å². The van der Waals surface area contributed by atoms with E-state index in [1.54, 1.807) is 0 Å². The molecule has 1 aliphatic carbocycles. The van der Waals surface area contributed by atoms with Gasteiger partial charge in [0.1, 0.15) is 0 Å². The second kappa shape index (κ2) is 4.53. The van der Waals surface area contributed by atoms with Crippen LogP contribution in [0, 0.1) is 0 Å². The summed E-state index contributed by atoms with van der Waals surface area (Å²) >= 11 is 2.14. The second-order valence-corrected chi connectivity index (χ2v) is 11.8. The smallest absolute Gasteiger partial charge is 0.192 e. The van der Waals surface area contributed by atoms with Crippen molar-refractivity contribution in [2.75, 3.05) is 0 Å². The first-order chi connectivity index (χ1) is 7.06. The lowest BCUT2D eigenvalue weighted by Gasteiger charge is -2.38. The fraction of sp³-hybridized carbons (Fsp3) is 0.750. The van der Waals surface area contributed by atoms with E-state index in [0.717, 1.165) is 9.15 Å². The molecular formula is C12H21IO2Si. The quantitative estimate of drug-likeness (QED) is 0.553. The van der Waals surface area contributed by atoms with Gasteiger partial charge >= 0.3 is 0 Å². The minimum Gasteiger partial charge on any atom is -0.410 e. The van der Waals surface area contributed by atoms with E-state index in [-0.39, 0.29) is 16.9 Å². The monoisotopic (exact) mass is 352 g/mol. The SMILES string of the molecule is CC1=C(I)C(=O)C[C@H]1O[Si](C)(C)C(C)(C)C. The molecule has 0 aromatic carbocycles. The second-order valence-electron chi connectivity index (χ2n) is 5.99. The number of carbonyl (C=O) groups is 1. The summed E-state index contributed by atoms with van der Waals surface area (Å²) in [6.45, 7) is 13.1. The molecule has 92 valence electrons. The molecule has 16 heavy (non-hydrogen) atoms.